The number of nitrogens with one attached hydrogen (secondary N) is 1. The number of hydrogen-bond acceptors (Lipinski definition) is 5. The van der Waals surface area contributed by atoms with E-state index in [1.807, 2.05) is 66.9 Å². The highest BCUT2D eigenvalue weighted by Crippen LogP contribution is 2.43. The van der Waals surface area contributed by atoms with Crippen molar-refractivity contribution in [3.8, 4) is 10.9 Å². The van der Waals surface area contributed by atoms with Crippen molar-refractivity contribution in [2.24, 2.45) is 0 Å². The largest absolute Gasteiger partial charge is 0.497 e. The lowest BCUT2D eigenvalue weighted by Gasteiger charge is -2.28. The second-order valence-electron chi connectivity index (χ2n) is 7.96. The molecule has 3 aromatic heterocycles. The number of pyridine rings is 1. The molecule has 0 bridgehead atoms. The molecule has 5 aromatic rings. The zero-order valence-corrected chi connectivity index (χ0v) is 20.0. The summed E-state index contributed by atoms with van der Waals surface area (Å²) >= 11 is 7.53. The summed E-state index contributed by atoms with van der Waals surface area (Å²) in [5.74, 6) is 0.803. The van der Waals surface area contributed by atoms with Crippen LogP contribution in [-0.2, 0) is 0 Å². The van der Waals surface area contributed by atoms with Gasteiger partial charge in [0.15, 0.2) is 10.2 Å². The highest BCUT2D eigenvalue weighted by atomic mass is 32.1. The van der Waals surface area contributed by atoms with Gasteiger partial charge in [0.25, 0.3) is 0 Å². The second kappa shape index (κ2) is 8.55. The number of ether oxygens (including phenoxy) is 1. The number of hydrogen-bond donors (Lipinski definition) is 1. The molecule has 0 unspecified atom stereocenters. The molecule has 34 heavy (non-hydrogen) atoms. The number of thiazole rings is 1. The van der Waals surface area contributed by atoms with Crippen molar-refractivity contribution >= 4 is 44.6 Å². The molecule has 0 spiro atoms. The van der Waals surface area contributed by atoms with Gasteiger partial charge in [-0.05, 0) is 72.9 Å². The van der Waals surface area contributed by atoms with Crippen LogP contribution in [0.15, 0.2) is 91.3 Å². The average molecular weight is 484 g/mol. The molecule has 168 valence electrons. The molecule has 8 heteroatoms. The number of benzene rings is 2. The lowest BCUT2D eigenvalue weighted by molar-refractivity contribution is 0.415. The van der Waals surface area contributed by atoms with Gasteiger partial charge in [0.1, 0.15) is 11.8 Å². The molecule has 1 N–H and O–H groups in total. The Labute approximate surface area is 206 Å². The van der Waals surface area contributed by atoms with Crippen molar-refractivity contribution in [1.82, 2.24) is 19.9 Å². The van der Waals surface area contributed by atoms with Crippen LogP contribution in [0.3, 0.4) is 0 Å². The Hall–Kier alpha value is -3.75. The van der Waals surface area contributed by atoms with E-state index in [2.05, 4.69) is 44.2 Å². The highest BCUT2D eigenvalue weighted by Gasteiger charge is 2.42. The van der Waals surface area contributed by atoms with Gasteiger partial charge in [-0.3, -0.25) is 9.55 Å². The third-order valence-electron chi connectivity index (χ3n) is 6.02. The molecular formula is C26H21N5OS2. The fraction of sp³-hybridized carbons (Fsp3) is 0.115. The Morgan fingerprint density at radius 3 is 2.56 bits per heavy atom. The van der Waals surface area contributed by atoms with Crippen LogP contribution in [0.25, 0.3) is 15.3 Å². The Morgan fingerprint density at radius 2 is 1.79 bits per heavy atom. The first-order valence-electron chi connectivity index (χ1n) is 10.9. The maximum Gasteiger partial charge on any atom is 0.194 e. The van der Waals surface area contributed by atoms with Gasteiger partial charge in [-0.25, -0.2) is 4.98 Å². The molecule has 0 amide bonds. The lowest BCUT2D eigenvalue weighted by Crippen LogP contribution is -2.30. The standard InChI is InChI=1S/C26H21N5OS2/c1-32-18-13-11-17(12-14-18)31-24(23(29-25(31)33)20-8-4-5-15-27-20)21-9-6-16-30(21)26-28-19-7-2-3-10-22(19)34-26/h2-16,23-24H,1H3,(H,29,33)/t23-,24+/m0/s1. The molecule has 0 radical (unpaired) electrons. The van der Waals surface area contributed by atoms with Crippen molar-refractivity contribution in [3.05, 3.63) is 103 Å². The maximum absolute atomic E-state index is 5.86. The molecule has 6 nitrogen and oxygen atoms in total. The summed E-state index contributed by atoms with van der Waals surface area (Å²) in [5.41, 5.74) is 4.00. The maximum atomic E-state index is 5.86. The van der Waals surface area contributed by atoms with E-state index in [1.54, 1.807) is 18.4 Å². The first kappa shape index (κ1) is 20.8. The Bertz CT molecular complexity index is 1430. The molecule has 6 rings (SSSR count). The molecule has 1 saturated heterocycles. The van der Waals surface area contributed by atoms with Crippen LogP contribution in [0, 0.1) is 0 Å². The SMILES string of the molecule is COc1ccc(N2C(=S)N[C@@H](c3ccccn3)[C@H]2c2cccn2-c2nc3ccccc3s2)cc1. The zero-order valence-electron chi connectivity index (χ0n) is 18.3. The van der Waals surface area contributed by atoms with E-state index in [4.69, 9.17) is 21.9 Å². The van der Waals surface area contributed by atoms with Gasteiger partial charge in [0.2, 0.25) is 0 Å². The van der Waals surface area contributed by atoms with E-state index in [0.717, 1.165) is 38.2 Å². The molecule has 4 heterocycles. The molecule has 0 aliphatic carbocycles. The summed E-state index contributed by atoms with van der Waals surface area (Å²) in [7, 11) is 1.67. The van der Waals surface area contributed by atoms with Gasteiger partial charge in [-0.1, -0.05) is 29.5 Å². The number of para-hydroxylation sites is 1. The van der Waals surface area contributed by atoms with Gasteiger partial charge in [0, 0.05) is 18.1 Å². The molecule has 2 atom stereocenters. The number of fused-ring (bicyclic) bond motifs is 1. The van der Waals surface area contributed by atoms with Crippen molar-refractivity contribution in [3.63, 3.8) is 0 Å². The predicted octanol–water partition coefficient (Wildman–Crippen LogP) is 5.67. The molecular weight excluding hydrogens is 462 g/mol. The summed E-state index contributed by atoms with van der Waals surface area (Å²) in [5, 5.41) is 5.10. The van der Waals surface area contributed by atoms with Gasteiger partial charge in [-0.2, -0.15) is 0 Å². The molecule has 0 saturated carbocycles. The minimum Gasteiger partial charge on any atom is -0.497 e. The van der Waals surface area contributed by atoms with Crippen molar-refractivity contribution in [1.29, 1.82) is 0 Å². The summed E-state index contributed by atoms with van der Waals surface area (Å²) in [4.78, 5) is 11.7. The first-order chi connectivity index (χ1) is 16.7. The average Bonchev–Trinajstić information content (AvgIpc) is 3.60. The fourth-order valence-corrected chi connectivity index (χ4v) is 5.76. The van der Waals surface area contributed by atoms with Crippen LogP contribution < -0.4 is 15.0 Å². The fourth-order valence-electron chi connectivity index (χ4n) is 4.45. The van der Waals surface area contributed by atoms with E-state index < -0.39 is 0 Å². The van der Waals surface area contributed by atoms with Crippen molar-refractivity contribution in [2.75, 3.05) is 12.0 Å². The lowest BCUT2D eigenvalue weighted by atomic mass is 10.0. The van der Waals surface area contributed by atoms with Crippen LogP contribution >= 0.6 is 23.6 Å². The van der Waals surface area contributed by atoms with E-state index in [0.29, 0.717) is 5.11 Å². The monoisotopic (exact) mass is 483 g/mol. The number of anilines is 1. The number of methoxy groups -OCH3 is 1. The Kier molecular flexibility index (Phi) is 5.24. The van der Waals surface area contributed by atoms with Crippen LogP contribution in [0.5, 0.6) is 5.75 Å². The number of nitrogens with zero attached hydrogens (tertiary/aromatic N) is 4. The van der Waals surface area contributed by atoms with E-state index in [-0.39, 0.29) is 12.1 Å². The van der Waals surface area contributed by atoms with Gasteiger partial charge < -0.3 is 15.0 Å². The van der Waals surface area contributed by atoms with E-state index >= 15 is 0 Å². The molecule has 1 fully saturated rings. The van der Waals surface area contributed by atoms with Crippen molar-refractivity contribution in [2.45, 2.75) is 12.1 Å². The van der Waals surface area contributed by atoms with Crippen LogP contribution in [0.4, 0.5) is 5.69 Å². The Morgan fingerprint density at radius 1 is 0.971 bits per heavy atom. The third-order valence-corrected chi connectivity index (χ3v) is 7.37. The Balaban J connectivity index is 1.50. The summed E-state index contributed by atoms with van der Waals surface area (Å²) < 4.78 is 8.69. The van der Waals surface area contributed by atoms with Crippen LogP contribution in [0.2, 0.25) is 0 Å². The molecule has 1 aliphatic heterocycles. The van der Waals surface area contributed by atoms with E-state index in [1.165, 1.54) is 0 Å². The highest BCUT2D eigenvalue weighted by molar-refractivity contribution is 7.80. The summed E-state index contributed by atoms with van der Waals surface area (Å²) in [6.45, 7) is 0. The topological polar surface area (TPSA) is 55.2 Å². The smallest absolute Gasteiger partial charge is 0.194 e. The number of thiocarbonyl (C=S) groups is 1. The van der Waals surface area contributed by atoms with Gasteiger partial charge in [0.05, 0.1) is 34.8 Å². The van der Waals surface area contributed by atoms with Gasteiger partial charge >= 0.3 is 0 Å². The first-order valence-corrected chi connectivity index (χ1v) is 12.1. The van der Waals surface area contributed by atoms with Crippen LogP contribution in [0.1, 0.15) is 23.5 Å². The summed E-state index contributed by atoms with van der Waals surface area (Å²) in [6.07, 6.45) is 3.88. The van der Waals surface area contributed by atoms with E-state index in [9.17, 15) is 0 Å². The third kappa shape index (κ3) is 3.52. The van der Waals surface area contributed by atoms with Crippen molar-refractivity contribution < 1.29 is 4.74 Å². The quantitative estimate of drug-likeness (QED) is 0.325. The number of rotatable bonds is 5. The molecule has 1 aliphatic rings. The zero-order chi connectivity index (χ0) is 23.1. The second-order valence-corrected chi connectivity index (χ2v) is 9.36. The summed E-state index contributed by atoms with van der Waals surface area (Å²) in [6, 6.07) is 26.1. The minimum atomic E-state index is -0.127. The van der Waals surface area contributed by atoms with Gasteiger partial charge in [-0.15, -0.1) is 0 Å². The normalized spacial score (nSPS) is 17.8. The number of aromatic nitrogens is 3. The predicted molar refractivity (Wildman–Crippen MR) is 140 cm³/mol. The van der Waals surface area contributed by atoms with Crippen LogP contribution in [-0.4, -0.2) is 26.8 Å². The minimum absolute atomic E-state index is 0.126. The molecule has 2 aromatic carbocycles.